The molecule has 0 bridgehead atoms. The Balaban J connectivity index is 0.00000180. The van der Waals surface area contributed by atoms with E-state index in [1.807, 2.05) is 0 Å². The van der Waals surface area contributed by atoms with Crippen molar-refractivity contribution >= 4 is 11.8 Å². The summed E-state index contributed by atoms with van der Waals surface area (Å²) in [6.07, 6.45) is 4.52. The third kappa shape index (κ3) is 3.59. The molecule has 2 rings (SSSR count). The van der Waals surface area contributed by atoms with Gasteiger partial charge in [-0.25, -0.2) is 19.1 Å². The Bertz CT molecular complexity index is 594. The quantitative estimate of drug-likeness (QED) is 0.547. The number of anilines is 1. The average molecular weight is 285 g/mol. The van der Waals surface area contributed by atoms with E-state index in [0.29, 0.717) is 5.82 Å². The van der Waals surface area contributed by atoms with Crippen LogP contribution in [0.3, 0.4) is 0 Å². The SMILES string of the molecule is CCOC(=O)Nc1ccc(-[n+]2cc[nH]c2)[nH]c1=O.[Cl-]. The molecule has 0 radical (unpaired) electrons. The van der Waals surface area contributed by atoms with Gasteiger partial charge in [0.15, 0.2) is 6.33 Å². The molecule has 0 aliphatic rings. The maximum atomic E-state index is 11.7. The molecule has 0 aromatic carbocycles. The molecule has 0 saturated heterocycles. The number of rotatable bonds is 3. The minimum absolute atomic E-state index is 0. The second-order valence-corrected chi connectivity index (χ2v) is 3.45. The number of nitrogens with zero attached hydrogens (tertiary/aromatic N) is 1. The van der Waals surface area contributed by atoms with E-state index < -0.39 is 11.7 Å². The van der Waals surface area contributed by atoms with E-state index in [4.69, 9.17) is 4.74 Å². The lowest BCUT2D eigenvalue weighted by Gasteiger charge is -2.03. The van der Waals surface area contributed by atoms with Crippen LogP contribution in [-0.2, 0) is 4.74 Å². The van der Waals surface area contributed by atoms with Gasteiger partial charge in [0.1, 0.15) is 11.9 Å². The first-order valence-electron chi connectivity index (χ1n) is 5.42. The van der Waals surface area contributed by atoms with Gasteiger partial charge in [0.05, 0.1) is 12.8 Å². The number of H-pyrrole nitrogens is 2. The third-order valence-corrected chi connectivity index (χ3v) is 2.23. The van der Waals surface area contributed by atoms with Crippen LogP contribution in [0.5, 0.6) is 0 Å². The number of nitrogens with one attached hydrogen (secondary N) is 3. The van der Waals surface area contributed by atoms with Crippen molar-refractivity contribution in [3.8, 4) is 5.82 Å². The fourth-order valence-electron chi connectivity index (χ4n) is 1.43. The van der Waals surface area contributed by atoms with Gasteiger partial charge in [0.25, 0.3) is 0 Å². The number of hydrogen-bond donors (Lipinski definition) is 3. The first-order valence-corrected chi connectivity index (χ1v) is 5.42. The lowest BCUT2D eigenvalue weighted by Crippen LogP contribution is -3.00. The summed E-state index contributed by atoms with van der Waals surface area (Å²) in [4.78, 5) is 28.4. The summed E-state index contributed by atoms with van der Waals surface area (Å²) >= 11 is 0. The van der Waals surface area contributed by atoms with E-state index in [-0.39, 0.29) is 24.7 Å². The highest BCUT2D eigenvalue weighted by molar-refractivity contribution is 5.84. The Morgan fingerprint density at radius 2 is 2.26 bits per heavy atom. The van der Waals surface area contributed by atoms with Crippen molar-refractivity contribution in [1.29, 1.82) is 0 Å². The van der Waals surface area contributed by atoms with E-state index in [0.717, 1.165) is 0 Å². The van der Waals surface area contributed by atoms with Gasteiger partial charge >= 0.3 is 11.7 Å². The molecule has 0 aliphatic carbocycles. The van der Waals surface area contributed by atoms with Gasteiger partial charge < -0.3 is 17.1 Å². The second kappa shape index (κ2) is 6.60. The highest BCUT2D eigenvalue weighted by Crippen LogP contribution is 2.00. The maximum absolute atomic E-state index is 11.7. The van der Waals surface area contributed by atoms with Gasteiger partial charge in [-0.15, -0.1) is 0 Å². The minimum atomic E-state index is -0.648. The maximum Gasteiger partial charge on any atom is 0.411 e. The van der Waals surface area contributed by atoms with Gasteiger partial charge in [0.2, 0.25) is 5.82 Å². The first kappa shape index (κ1) is 14.8. The molecular weight excluding hydrogens is 272 g/mol. The van der Waals surface area contributed by atoms with Crippen LogP contribution in [-0.4, -0.2) is 22.7 Å². The van der Waals surface area contributed by atoms with Crippen LogP contribution in [0.1, 0.15) is 6.92 Å². The number of carbonyl (C=O) groups excluding carboxylic acids is 1. The number of ether oxygens (including phenoxy) is 1. The molecule has 1 amide bonds. The highest BCUT2D eigenvalue weighted by atomic mass is 35.5. The number of carbonyl (C=O) groups is 1. The molecule has 2 aromatic heterocycles. The second-order valence-electron chi connectivity index (χ2n) is 3.45. The minimum Gasteiger partial charge on any atom is -1.00 e. The highest BCUT2D eigenvalue weighted by Gasteiger charge is 2.10. The van der Waals surface area contributed by atoms with Gasteiger partial charge in [-0.05, 0) is 13.0 Å². The predicted octanol–water partition coefficient (Wildman–Crippen LogP) is -2.45. The average Bonchev–Trinajstić information content (AvgIpc) is 2.85. The smallest absolute Gasteiger partial charge is 0.411 e. The van der Waals surface area contributed by atoms with Gasteiger partial charge in [-0.1, -0.05) is 0 Å². The van der Waals surface area contributed by atoms with Gasteiger partial charge in [-0.3, -0.25) is 10.3 Å². The summed E-state index contributed by atoms with van der Waals surface area (Å²) in [7, 11) is 0. The van der Waals surface area contributed by atoms with Crippen LogP contribution >= 0.6 is 0 Å². The molecule has 2 heterocycles. The molecule has 7 nitrogen and oxygen atoms in total. The lowest BCUT2D eigenvalue weighted by molar-refractivity contribution is -0.598. The topological polar surface area (TPSA) is 90.9 Å². The van der Waals surface area contributed by atoms with Crippen LogP contribution in [0.2, 0.25) is 0 Å². The van der Waals surface area contributed by atoms with Crippen molar-refractivity contribution in [3.05, 3.63) is 41.2 Å². The zero-order chi connectivity index (χ0) is 13.0. The van der Waals surface area contributed by atoms with E-state index in [9.17, 15) is 9.59 Å². The lowest BCUT2D eigenvalue weighted by atomic mass is 10.4. The van der Waals surface area contributed by atoms with Crippen LogP contribution in [0.4, 0.5) is 10.5 Å². The number of pyridine rings is 1. The molecule has 8 heteroatoms. The standard InChI is InChI=1S/C11H12N4O3.ClH/c1-2-18-11(17)13-8-3-4-9(14-10(8)16)15-6-5-12-7-15;/h3-7H,2H2,1H3,(H2,13,14,16,17);1H. The fourth-order valence-corrected chi connectivity index (χ4v) is 1.43. The fraction of sp³-hybridized carbons (Fsp3) is 0.182. The number of amides is 1. The van der Waals surface area contributed by atoms with Crippen LogP contribution < -0.4 is 27.9 Å². The van der Waals surface area contributed by atoms with E-state index >= 15 is 0 Å². The Morgan fingerprint density at radius 3 is 2.84 bits per heavy atom. The van der Waals surface area contributed by atoms with Crippen molar-refractivity contribution in [2.45, 2.75) is 6.92 Å². The van der Waals surface area contributed by atoms with Gasteiger partial charge in [0, 0.05) is 6.07 Å². The van der Waals surface area contributed by atoms with Crippen molar-refractivity contribution in [1.82, 2.24) is 9.97 Å². The Labute approximate surface area is 115 Å². The summed E-state index contributed by atoms with van der Waals surface area (Å²) in [6, 6.07) is 3.20. The molecule has 102 valence electrons. The molecule has 0 spiro atoms. The molecule has 0 unspecified atom stereocenters. The third-order valence-electron chi connectivity index (χ3n) is 2.23. The molecule has 0 atom stereocenters. The molecule has 19 heavy (non-hydrogen) atoms. The Hall–Kier alpha value is -2.28. The van der Waals surface area contributed by atoms with Crippen LogP contribution in [0, 0.1) is 0 Å². The van der Waals surface area contributed by atoms with Crippen molar-refractivity contribution < 1.29 is 26.5 Å². The first-order chi connectivity index (χ1) is 8.70. The van der Waals surface area contributed by atoms with Gasteiger partial charge in [-0.2, -0.15) is 0 Å². The molecule has 3 N–H and O–H groups in total. The normalized spacial score (nSPS) is 9.53. The van der Waals surface area contributed by atoms with Crippen LogP contribution in [0.15, 0.2) is 35.6 Å². The Morgan fingerprint density at radius 1 is 1.47 bits per heavy atom. The number of aromatic nitrogens is 3. The molecule has 0 saturated carbocycles. The van der Waals surface area contributed by atoms with E-state index in [2.05, 4.69) is 15.3 Å². The number of aromatic amines is 2. The van der Waals surface area contributed by atoms with E-state index in [1.165, 1.54) is 6.07 Å². The monoisotopic (exact) mass is 284 g/mol. The summed E-state index contributed by atoms with van der Waals surface area (Å²) in [6.45, 7) is 1.94. The number of halogens is 1. The molecule has 2 aromatic rings. The zero-order valence-corrected chi connectivity index (χ0v) is 10.9. The molecule has 0 fully saturated rings. The summed E-state index contributed by atoms with van der Waals surface area (Å²) in [5.74, 6) is 0.593. The zero-order valence-electron chi connectivity index (χ0n) is 10.1. The number of hydrogen-bond acceptors (Lipinski definition) is 3. The summed E-state index contributed by atoms with van der Waals surface area (Å²) in [5, 5.41) is 2.36. The Kier molecular flexibility index (Phi) is 5.13. The molecular formula is C11H13ClN4O3. The summed E-state index contributed by atoms with van der Waals surface area (Å²) in [5.41, 5.74) is -0.248. The molecule has 0 aliphatic heterocycles. The number of imidazole rings is 1. The van der Waals surface area contributed by atoms with E-state index in [1.54, 1.807) is 36.3 Å². The van der Waals surface area contributed by atoms with Crippen molar-refractivity contribution in [2.24, 2.45) is 0 Å². The largest absolute Gasteiger partial charge is 1.00 e. The van der Waals surface area contributed by atoms with Crippen LogP contribution in [0.25, 0.3) is 5.82 Å². The summed E-state index contributed by atoms with van der Waals surface area (Å²) < 4.78 is 6.39. The van der Waals surface area contributed by atoms with Crippen molar-refractivity contribution in [3.63, 3.8) is 0 Å². The predicted molar refractivity (Wildman–Crippen MR) is 63.6 cm³/mol. The van der Waals surface area contributed by atoms with Crippen molar-refractivity contribution in [2.75, 3.05) is 11.9 Å².